The number of fused-ring (bicyclic) bond motifs is 2. The Hall–Kier alpha value is -3.42. The molecule has 3 aromatic rings. The Morgan fingerprint density at radius 2 is 2.04 bits per heavy atom. The summed E-state index contributed by atoms with van der Waals surface area (Å²) in [4.78, 5) is 16.0. The lowest BCUT2D eigenvalue weighted by atomic mass is 10.2. The molecule has 2 aromatic carbocycles. The van der Waals surface area contributed by atoms with Gasteiger partial charge in [-0.15, -0.1) is 0 Å². The topological polar surface area (TPSA) is 62.6 Å². The first-order valence-electron chi connectivity index (χ1n) is 8.10. The minimum atomic E-state index is -2.78. The van der Waals surface area contributed by atoms with Crippen molar-refractivity contribution >= 4 is 23.1 Å². The van der Waals surface area contributed by atoms with Gasteiger partial charge in [0, 0.05) is 6.08 Å². The molecule has 0 amide bonds. The van der Waals surface area contributed by atoms with E-state index in [1.807, 2.05) is 0 Å². The molecular formula is C19H14F2N2O4. The number of benzene rings is 2. The number of rotatable bonds is 5. The Balaban J connectivity index is 1.45. The molecule has 0 radical (unpaired) electrons. The monoisotopic (exact) mass is 372 g/mol. The lowest BCUT2D eigenvalue weighted by molar-refractivity contribution is -0.139. The first-order valence-corrected chi connectivity index (χ1v) is 8.10. The van der Waals surface area contributed by atoms with E-state index in [-0.39, 0.29) is 24.7 Å². The average molecular weight is 372 g/mol. The number of aromatic nitrogens is 2. The summed E-state index contributed by atoms with van der Waals surface area (Å²) in [6.45, 7) is -2.98. The van der Waals surface area contributed by atoms with Crippen LogP contribution >= 0.6 is 0 Å². The molecule has 0 spiro atoms. The van der Waals surface area contributed by atoms with Crippen LogP contribution in [0.3, 0.4) is 0 Å². The minimum Gasteiger partial charge on any atom is -0.454 e. The molecule has 0 fully saturated rings. The number of alkyl halides is 2. The predicted octanol–water partition coefficient (Wildman–Crippen LogP) is 3.92. The molecule has 0 saturated heterocycles. The molecule has 0 N–H and O–H groups in total. The van der Waals surface area contributed by atoms with Crippen LogP contribution in [0.25, 0.3) is 17.1 Å². The van der Waals surface area contributed by atoms with Crippen molar-refractivity contribution in [2.75, 3.05) is 6.79 Å². The smallest absolute Gasteiger partial charge is 0.331 e. The van der Waals surface area contributed by atoms with Crippen LogP contribution in [0.15, 0.2) is 48.5 Å². The lowest BCUT2D eigenvalue weighted by Gasteiger charge is -2.07. The molecule has 0 atom stereocenters. The summed E-state index contributed by atoms with van der Waals surface area (Å²) in [7, 11) is 0. The van der Waals surface area contributed by atoms with Crippen molar-refractivity contribution < 1.29 is 27.8 Å². The van der Waals surface area contributed by atoms with Crippen LogP contribution in [0, 0.1) is 0 Å². The zero-order valence-electron chi connectivity index (χ0n) is 14.0. The second-order valence-corrected chi connectivity index (χ2v) is 5.72. The summed E-state index contributed by atoms with van der Waals surface area (Å²) >= 11 is 0. The number of carbonyl (C=O) groups is 1. The summed E-state index contributed by atoms with van der Waals surface area (Å²) in [6, 6.07) is 11.7. The van der Waals surface area contributed by atoms with E-state index >= 15 is 0 Å². The highest BCUT2D eigenvalue weighted by Gasteiger charge is 2.18. The highest BCUT2D eigenvalue weighted by molar-refractivity contribution is 5.87. The number of imidazole rings is 1. The van der Waals surface area contributed by atoms with E-state index in [1.54, 1.807) is 48.5 Å². The maximum absolute atomic E-state index is 13.3. The fourth-order valence-corrected chi connectivity index (χ4v) is 2.78. The zero-order chi connectivity index (χ0) is 18.8. The van der Waals surface area contributed by atoms with E-state index in [0.29, 0.717) is 17.0 Å². The summed E-state index contributed by atoms with van der Waals surface area (Å²) in [5.41, 5.74) is 1.42. The van der Waals surface area contributed by atoms with Crippen LogP contribution in [-0.2, 0) is 16.1 Å². The Bertz CT molecular complexity index is 1030. The molecule has 4 rings (SSSR count). The Morgan fingerprint density at radius 3 is 2.89 bits per heavy atom. The zero-order valence-corrected chi connectivity index (χ0v) is 14.0. The van der Waals surface area contributed by atoms with Gasteiger partial charge in [-0.3, -0.25) is 4.57 Å². The maximum Gasteiger partial charge on any atom is 0.331 e. The number of hydrogen-bond acceptors (Lipinski definition) is 5. The van der Waals surface area contributed by atoms with Crippen LogP contribution in [0.2, 0.25) is 0 Å². The van der Waals surface area contributed by atoms with Crippen molar-refractivity contribution in [3.63, 3.8) is 0 Å². The van der Waals surface area contributed by atoms with Gasteiger partial charge in [0.2, 0.25) is 6.79 Å². The first kappa shape index (κ1) is 17.0. The van der Waals surface area contributed by atoms with Crippen LogP contribution in [-0.4, -0.2) is 22.3 Å². The van der Waals surface area contributed by atoms with Crippen molar-refractivity contribution in [3.8, 4) is 11.5 Å². The number of carbonyl (C=O) groups excluding carboxylic acids is 1. The maximum atomic E-state index is 13.3. The Kier molecular flexibility index (Phi) is 4.45. The fourth-order valence-electron chi connectivity index (χ4n) is 2.78. The molecule has 138 valence electrons. The molecule has 0 unspecified atom stereocenters. The largest absolute Gasteiger partial charge is 0.454 e. The third-order valence-corrected chi connectivity index (χ3v) is 4.02. The van der Waals surface area contributed by atoms with Crippen molar-refractivity contribution in [1.29, 1.82) is 0 Å². The lowest BCUT2D eigenvalue weighted by Crippen LogP contribution is -2.09. The molecule has 0 bridgehead atoms. The summed E-state index contributed by atoms with van der Waals surface area (Å²) in [5.74, 6) is 0.549. The van der Waals surface area contributed by atoms with E-state index in [2.05, 4.69) is 4.98 Å². The predicted molar refractivity (Wildman–Crippen MR) is 92.4 cm³/mol. The van der Waals surface area contributed by atoms with E-state index in [4.69, 9.17) is 14.2 Å². The molecule has 27 heavy (non-hydrogen) atoms. The van der Waals surface area contributed by atoms with Gasteiger partial charge in [-0.05, 0) is 35.9 Å². The van der Waals surface area contributed by atoms with Gasteiger partial charge in [0.1, 0.15) is 6.61 Å². The van der Waals surface area contributed by atoms with Crippen molar-refractivity contribution in [2.24, 2.45) is 0 Å². The highest BCUT2D eigenvalue weighted by Crippen LogP contribution is 2.32. The third-order valence-electron chi connectivity index (χ3n) is 4.02. The molecular weight excluding hydrogens is 358 g/mol. The highest BCUT2D eigenvalue weighted by atomic mass is 19.3. The molecule has 1 aliphatic rings. The average Bonchev–Trinajstić information content (AvgIpc) is 3.28. The van der Waals surface area contributed by atoms with E-state index in [1.165, 1.54) is 6.08 Å². The minimum absolute atomic E-state index is 0.0176. The van der Waals surface area contributed by atoms with Crippen molar-refractivity contribution in [3.05, 3.63) is 59.9 Å². The summed E-state index contributed by atoms with van der Waals surface area (Å²) in [6.07, 6.45) is 2.76. The van der Waals surface area contributed by atoms with E-state index in [0.717, 1.165) is 10.1 Å². The van der Waals surface area contributed by atoms with Crippen LogP contribution in [0.4, 0.5) is 8.78 Å². The van der Waals surface area contributed by atoms with Gasteiger partial charge >= 0.3 is 12.5 Å². The number of ether oxygens (including phenoxy) is 3. The molecule has 2 heterocycles. The molecule has 1 aliphatic heterocycles. The van der Waals surface area contributed by atoms with Gasteiger partial charge in [0.05, 0.1) is 11.0 Å². The van der Waals surface area contributed by atoms with Crippen LogP contribution in [0.1, 0.15) is 17.9 Å². The number of hydrogen-bond donors (Lipinski definition) is 0. The van der Waals surface area contributed by atoms with Gasteiger partial charge in [0.15, 0.2) is 17.3 Å². The Morgan fingerprint density at radius 1 is 1.22 bits per heavy atom. The number of esters is 1. The fraction of sp³-hybridized carbons (Fsp3) is 0.158. The molecule has 6 nitrogen and oxygen atoms in total. The van der Waals surface area contributed by atoms with Gasteiger partial charge in [0.25, 0.3) is 0 Å². The number of para-hydroxylation sites is 2. The summed E-state index contributed by atoms with van der Waals surface area (Å²) < 4.78 is 43.0. The van der Waals surface area contributed by atoms with E-state index in [9.17, 15) is 13.6 Å². The van der Waals surface area contributed by atoms with Crippen molar-refractivity contribution in [1.82, 2.24) is 9.55 Å². The Labute approximate surface area is 152 Å². The SMILES string of the molecule is O=C(C=Cc1ccc2c(c1)OCO2)OCc1nc2ccccc2n1C(F)F. The quantitative estimate of drug-likeness (QED) is 0.502. The normalized spacial score (nSPS) is 13.0. The second kappa shape index (κ2) is 7.06. The standard InChI is InChI=1S/C19H14F2N2O4/c20-19(21)23-14-4-2-1-3-13(14)22-17(23)10-25-18(24)8-6-12-5-7-15-16(9-12)27-11-26-15/h1-9,19H,10-11H2. The molecule has 8 heteroatoms. The summed E-state index contributed by atoms with van der Waals surface area (Å²) in [5, 5.41) is 0. The number of nitrogens with zero attached hydrogens (tertiary/aromatic N) is 2. The second-order valence-electron chi connectivity index (χ2n) is 5.72. The molecule has 0 saturated carbocycles. The van der Waals surface area contributed by atoms with Crippen molar-refractivity contribution in [2.45, 2.75) is 13.2 Å². The molecule has 1 aromatic heterocycles. The van der Waals surface area contributed by atoms with E-state index < -0.39 is 12.5 Å². The van der Waals surface area contributed by atoms with Gasteiger partial charge in [-0.25, -0.2) is 9.78 Å². The molecule has 0 aliphatic carbocycles. The van der Waals surface area contributed by atoms with Crippen LogP contribution in [0.5, 0.6) is 11.5 Å². The van der Waals surface area contributed by atoms with Gasteiger partial charge < -0.3 is 14.2 Å². The first-order chi connectivity index (χ1) is 13.1. The van der Waals surface area contributed by atoms with Crippen LogP contribution < -0.4 is 9.47 Å². The number of halogens is 2. The van der Waals surface area contributed by atoms with Gasteiger partial charge in [-0.1, -0.05) is 18.2 Å². The third kappa shape index (κ3) is 3.46. The van der Waals surface area contributed by atoms with Gasteiger partial charge in [-0.2, -0.15) is 8.78 Å².